The van der Waals surface area contributed by atoms with Gasteiger partial charge in [0.1, 0.15) is 0 Å². The van der Waals surface area contributed by atoms with Gasteiger partial charge in [0, 0.05) is 12.4 Å². The maximum absolute atomic E-state index is 3.88. The van der Waals surface area contributed by atoms with Gasteiger partial charge in [-0.05, 0) is 55.7 Å². The Balaban J connectivity index is 0.000000157. The third kappa shape index (κ3) is 9.04. The second-order valence-corrected chi connectivity index (χ2v) is 8.72. The summed E-state index contributed by atoms with van der Waals surface area (Å²) in [5.41, 5.74) is 4.14. The fourth-order valence-corrected chi connectivity index (χ4v) is 4.34. The van der Waals surface area contributed by atoms with Crippen molar-refractivity contribution < 1.29 is 0 Å². The third-order valence-corrected chi connectivity index (χ3v) is 6.15. The van der Waals surface area contributed by atoms with Gasteiger partial charge >= 0.3 is 0 Å². The van der Waals surface area contributed by atoms with Crippen LogP contribution in [0.3, 0.4) is 0 Å². The number of hydrogen-bond acceptors (Lipinski definition) is 1. The summed E-state index contributed by atoms with van der Waals surface area (Å²) >= 11 is 0. The first-order chi connectivity index (χ1) is 13.7. The van der Waals surface area contributed by atoms with Gasteiger partial charge in [-0.1, -0.05) is 101 Å². The van der Waals surface area contributed by atoms with Gasteiger partial charge < -0.3 is 0 Å². The third-order valence-electron chi connectivity index (χ3n) is 6.15. The summed E-state index contributed by atoms with van der Waals surface area (Å²) in [6, 6.07) is 13.0. The predicted molar refractivity (Wildman–Crippen MR) is 123 cm³/mol. The van der Waals surface area contributed by atoms with E-state index in [9.17, 15) is 0 Å². The van der Waals surface area contributed by atoms with Crippen molar-refractivity contribution in [3.8, 4) is 0 Å². The van der Waals surface area contributed by atoms with E-state index in [0.29, 0.717) is 0 Å². The Morgan fingerprint density at radius 1 is 0.821 bits per heavy atom. The number of unbranched alkanes of at least 4 members (excludes halogenated alkanes) is 1. The molecule has 0 bridgehead atoms. The molecule has 1 heterocycles. The van der Waals surface area contributed by atoms with Crippen LogP contribution >= 0.6 is 0 Å². The number of nitrogens with zero attached hydrogens (tertiary/aromatic N) is 1. The van der Waals surface area contributed by atoms with Gasteiger partial charge in [0.25, 0.3) is 0 Å². The average Bonchev–Trinajstić information content (AvgIpc) is 3.43. The van der Waals surface area contributed by atoms with Crippen molar-refractivity contribution in [1.82, 2.24) is 4.98 Å². The predicted octanol–water partition coefficient (Wildman–Crippen LogP) is 8.41. The molecule has 0 aliphatic heterocycles. The van der Waals surface area contributed by atoms with E-state index in [2.05, 4.69) is 43.1 Å². The minimum Gasteiger partial charge on any atom is -0.264 e. The van der Waals surface area contributed by atoms with Crippen LogP contribution in [0.4, 0.5) is 0 Å². The number of rotatable bonds is 4. The zero-order chi connectivity index (χ0) is 20.0. The fraction of sp³-hybridized carbons (Fsp3) is 0.593. The SMILES string of the molecule is CCCCC1CCCC1.Cc1ccc(C2CCCC2)cc1.Cc1cccnc1. The molecule has 0 spiro atoms. The second-order valence-electron chi connectivity index (χ2n) is 8.72. The summed E-state index contributed by atoms with van der Waals surface area (Å²) in [4.78, 5) is 3.88. The van der Waals surface area contributed by atoms with Gasteiger partial charge in [-0.15, -0.1) is 0 Å². The first-order valence-corrected chi connectivity index (χ1v) is 11.6. The van der Waals surface area contributed by atoms with E-state index >= 15 is 0 Å². The molecule has 154 valence electrons. The standard InChI is InChI=1S/C12H16.C9H18.C6H7N/c1-10-6-8-12(9-7-10)11-4-2-3-5-11;1-2-3-6-9-7-4-5-8-9;1-6-3-2-4-7-5-6/h6-9,11H,2-5H2,1H3;9H,2-8H2,1H3;2-5H,1H3. The van der Waals surface area contributed by atoms with Crippen molar-refractivity contribution in [2.45, 2.75) is 97.3 Å². The van der Waals surface area contributed by atoms with Crippen LogP contribution in [0.2, 0.25) is 0 Å². The maximum Gasteiger partial charge on any atom is 0.0297 e. The van der Waals surface area contributed by atoms with Crippen molar-refractivity contribution in [2.24, 2.45) is 5.92 Å². The summed E-state index contributed by atoms with van der Waals surface area (Å²) in [6.45, 7) is 6.46. The van der Waals surface area contributed by atoms with Crippen LogP contribution in [0, 0.1) is 19.8 Å². The van der Waals surface area contributed by atoms with Gasteiger partial charge in [-0.25, -0.2) is 0 Å². The maximum atomic E-state index is 3.88. The van der Waals surface area contributed by atoms with E-state index in [4.69, 9.17) is 0 Å². The molecule has 1 nitrogen and oxygen atoms in total. The molecule has 4 rings (SSSR count). The Kier molecular flexibility index (Phi) is 10.9. The topological polar surface area (TPSA) is 12.9 Å². The van der Waals surface area contributed by atoms with E-state index in [-0.39, 0.29) is 0 Å². The molecule has 0 radical (unpaired) electrons. The molecular formula is C27H41N. The van der Waals surface area contributed by atoms with E-state index in [0.717, 1.165) is 11.8 Å². The highest BCUT2D eigenvalue weighted by Crippen LogP contribution is 2.33. The van der Waals surface area contributed by atoms with Crippen LogP contribution in [0.5, 0.6) is 0 Å². The Labute approximate surface area is 174 Å². The molecular weight excluding hydrogens is 338 g/mol. The normalized spacial score (nSPS) is 16.8. The summed E-state index contributed by atoms with van der Waals surface area (Å²) in [5, 5.41) is 0. The van der Waals surface area contributed by atoms with Gasteiger partial charge in [-0.2, -0.15) is 0 Å². The van der Waals surface area contributed by atoms with Crippen LogP contribution in [-0.4, -0.2) is 4.98 Å². The van der Waals surface area contributed by atoms with Crippen molar-refractivity contribution >= 4 is 0 Å². The minimum atomic E-state index is 0.866. The Hall–Kier alpha value is -1.63. The van der Waals surface area contributed by atoms with Gasteiger partial charge in [0.15, 0.2) is 0 Å². The molecule has 0 N–H and O–H groups in total. The lowest BCUT2D eigenvalue weighted by molar-refractivity contribution is 0.480. The molecule has 2 saturated carbocycles. The van der Waals surface area contributed by atoms with E-state index in [1.54, 1.807) is 11.8 Å². The molecule has 0 atom stereocenters. The fourth-order valence-electron chi connectivity index (χ4n) is 4.34. The van der Waals surface area contributed by atoms with Crippen LogP contribution in [0.15, 0.2) is 48.8 Å². The lowest BCUT2D eigenvalue weighted by Crippen LogP contribution is -1.91. The van der Waals surface area contributed by atoms with E-state index < -0.39 is 0 Å². The number of aryl methyl sites for hydroxylation is 2. The first kappa shape index (κ1) is 22.7. The first-order valence-electron chi connectivity index (χ1n) is 11.6. The highest BCUT2D eigenvalue weighted by atomic mass is 14.6. The molecule has 2 aliphatic carbocycles. The lowest BCUT2D eigenvalue weighted by atomic mass is 9.97. The summed E-state index contributed by atoms with van der Waals surface area (Å²) in [6.07, 6.45) is 19.7. The number of aromatic nitrogens is 1. The Morgan fingerprint density at radius 2 is 1.46 bits per heavy atom. The summed E-state index contributed by atoms with van der Waals surface area (Å²) < 4.78 is 0. The van der Waals surface area contributed by atoms with Gasteiger partial charge in [0.2, 0.25) is 0 Å². The quantitative estimate of drug-likeness (QED) is 0.519. The largest absolute Gasteiger partial charge is 0.264 e. The summed E-state index contributed by atoms with van der Waals surface area (Å²) in [5.74, 6) is 1.98. The van der Waals surface area contributed by atoms with Crippen LogP contribution in [-0.2, 0) is 0 Å². The number of hydrogen-bond donors (Lipinski definition) is 0. The Bertz CT molecular complexity index is 604. The highest BCUT2D eigenvalue weighted by Gasteiger charge is 2.16. The Morgan fingerprint density at radius 3 is 1.96 bits per heavy atom. The van der Waals surface area contributed by atoms with Crippen molar-refractivity contribution in [3.05, 3.63) is 65.5 Å². The van der Waals surface area contributed by atoms with Crippen LogP contribution in [0.1, 0.15) is 100 Å². The zero-order valence-electron chi connectivity index (χ0n) is 18.5. The average molecular weight is 380 g/mol. The molecule has 2 fully saturated rings. The molecule has 1 aromatic heterocycles. The molecule has 2 aliphatic rings. The van der Waals surface area contributed by atoms with Crippen molar-refractivity contribution in [2.75, 3.05) is 0 Å². The minimum absolute atomic E-state index is 0.866. The summed E-state index contributed by atoms with van der Waals surface area (Å²) in [7, 11) is 0. The highest BCUT2D eigenvalue weighted by molar-refractivity contribution is 5.24. The molecule has 0 unspecified atom stereocenters. The van der Waals surface area contributed by atoms with Crippen molar-refractivity contribution in [3.63, 3.8) is 0 Å². The van der Waals surface area contributed by atoms with Gasteiger partial charge in [-0.3, -0.25) is 4.98 Å². The van der Waals surface area contributed by atoms with Crippen LogP contribution in [0.25, 0.3) is 0 Å². The number of benzene rings is 1. The lowest BCUT2D eigenvalue weighted by Gasteiger charge is -2.08. The molecule has 1 aromatic carbocycles. The zero-order valence-corrected chi connectivity index (χ0v) is 18.5. The molecule has 0 saturated heterocycles. The van der Waals surface area contributed by atoms with Crippen molar-refractivity contribution in [1.29, 1.82) is 0 Å². The monoisotopic (exact) mass is 379 g/mol. The van der Waals surface area contributed by atoms with Crippen LogP contribution < -0.4 is 0 Å². The smallest absolute Gasteiger partial charge is 0.0297 e. The molecule has 28 heavy (non-hydrogen) atoms. The van der Waals surface area contributed by atoms with E-state index in [1.807, 2.05) is 25.3 Å². The second kappa shape index (κ2) is 13.5. The molecule has 1 heteroatoms. The molecule has 0 amide bonds. The number of pyridine rings is 1. The molecule has 2 aromatic rings. The van der Waals surface area contributed by atoms with E-state index in [1.165, 1.54) is 81.8 Å². The van der Waals surface area contributed by atoms with Gasteiger partial charge in [0.05, 0.1) is 0 Å².